The predicted octanol–water partition coefficient (Wildman–Crippen LogP) is 3.59. The minimum Gasteiger partial charge on any atom is -0.493 e. The molecule has 0 spiro atoms. The lowest BCUT2D eigenvalue weighted by Crippen LogP contribution is -2.26. The van der Waals surface area contributed by atoms with Gasteiger partial charge in [-0.2, -0.15) is 0 Å². The fourth-order valence-electron chi connectivity index (χ4n) is 5.33. The van der Waals surface area contributed by atoms with E-state index in [2.05, 4.69) is 0 Å². The molecule has 0 aromatic heterocycles. The summed E-state index contributed by atoms with van der Waals surface area (Å²) < 4.78 is 56.4. The molecule has 0 aliphatic rings. The van der Waals surface area contributed by atoms with Crippen molar-refractivity contribution in [3.05, 3.63) is 35.4 Å². The molecule has 0 fully saturated rings. The van der Waals surface area contributed by atoms with Gasteiger partial charge in [0.2, 0.25) is 11.5 Å². The van der Waals surface area contributed by atoms with E-state index in [1.165, 1.54) is 0 Å². The van der Waals surface area contributed by atoms with E-state index < -0.39 is 0 Å². The Kier molecular flexibility index (Phi) is 19.9. The third kappa shape index (κ3) is 13.0. The molecule has 12 nitrogen and oxygen atoms in total. The lowest BCUT2D eigenvalue weighted by Gasteiger charge is -2.29. The van der Waals surface area contributed by atoms with Gasteiger partial charge in [0.1, 0.15) is 0 Å². The molecule has 2 atom stereocenters. The van der Waals surface area contributed by atoms with E-state index >= 15 is 0 Å². The molecule has 262 valence electrons. The van der Waals surface area contributed by atoms with Crippen LogP contribution in [0.5, 0.6) is 34.5 Å². The molecule has 0 saturated heterocycles. The second kappa shape index (κ2) is 23.3. The van der Waals surface area contributed by atoms with Gasteiger partial charge in [0.25, 0.3) is 0 Å². The maximum absolute atomic E-state index is 9.05. The average molecular weight is 655 g/mol. The fourth-order valence-corrected chi connectivity index (χ4v) is 5.33. The van der Waals surface area contributed by atoms with Crippen molar-refractivity contribution < 1.29 is 57.6 Å². The van der Waals surface area contributed by atoms with E-state index in [9.17, 15) is 0 Å². The summed E-state index contributed by atoms with van der Waals surface area (Å²) in [5, 5.41) is 18.0. The summed E-state index contributed by atoms with van der Waals surface area (Å²) in [5.41, 5.74) is 2.06. The van der Waals surface area contributed by atoms with Crippen molar-refractivity contribution >= 4 is 0 Å². The Morgan fingerprint density at radius 3 is 1.26 bits per heavy atom. The van der Waals surface area contributed by atoms with E-state index in [1.807, 2.05) is 24.3 Å². The summed E-state index contributed by atoms with van der Waals surface area (Å²) in [6, 6.07) is 7.93. The fraction of sp³-hybridized carbons (Fsp3) is 0.647. The third-order valence-corrected chi connectivity index (χ3v) is 7.52. The smallest absolute Gasteiger partial charge is 0.203 e. The highest BCUT2D eigenvalue weighted by Crippen LogP contribution is 2.41. The molecule has 0 aliphatic carbocycles. The number of methoxy groups -OCH3 is 6. The van der Waals surface area contributed by atoms with Crippen LogP contribution in [0.25, 0.3) is 0 Å². The minimum absolute atomic E-state index is 0.00836. The first kappa shape index (κ1) is 39.2. The van der Waals surface area contributed by atoms with Gasteiger partial charge in [-0.1, -0.05) is 0 Å². The van der Waals surface area contributed by atoms with Gasteiger partial charge in [-0.3, -0.25) is 0 Å². The number of rotatable bonds is 27. The van der Waals surface area contributed by atoms with Crippen LogP contribution in [0.2, 0.25) is 0 Å². The van der Waals surface area contributed by atoms with Crippen molar-refractivity contribution in [1.29, 1.82) is 0 Å². The van der Waals surface area contributed by atoms with E-state index in [4.69, 9.17) is 57.6 Å². The first-order valence-corrected chi connectivity index (χ1v) is 15.6. The normalized spacial score (nSPS) is 12.4. The maximum atomic E-state index is 9.05. The van der Waals surface area contributed by atoms with E-state index in [0.29, 0.717) is 87.2 Å². The first-order valence-electron chi connectivity index (χ1n) is 15.6. The predicted molar refractivity (Wildman–Crippen MR) is 173 cm³/mol. The molecule has 46 heavy (non-hydrogen) atoms. The highest BCUT2D eigenvalue weighted by atomic mass is 16.5. The van der Waals surface area contributed by atoms with Gasteiger partial charge >= 0.3 is 0 Å². The number of ether oxygens (including phenoxy) is 10. The van der Waals surface area contributed by atoms with Crippen molar-refractivity contribution in [2.24, 2.45) is 11.8 Å². The van der Waals surface area contributed by atoms with Crippen molar-refractivity contribution in [1.82, 2.24) is 0 Å². The van der Waals surface area contributed by atoms with Crippen LogP contribution in [-0.4, -0.2) is 119 Å². The number of aliphatic hydroxyl groups excluding tert-OH is 2. The van der Waals surface area contributed by atoms with Crippen molar-refractivity contribution in [2.45, 2.75) is 25.7 Å². The van der Waals surface area contributed by atoms with Crippen LogP contribution in [-0.2, 0) is 31.8 Å². The highest BCUT2D eigenvalue weighted by molar-refractivity contribution is 5.55. The Morgan fingerprint density at radius 1 is 0.478 bits per heavy atom. The van der Waals surface area contributed by atoms with Gasteiger partial charge in [-0.25, -0.2) is 0 Å². The van der Waals surface area contributed by atoms with Crippen LogP contribution in [0.4, 0.5) is 0 Å². The Hall–Kier alpha value is -3.00. The Labute approximate surface area is 273 Å². The number of hydrogen-bond acceptors (Lipinski definition) is 12. The van der Waals surface area contributed by atoms with Crippen LogP contribution >= 0.6 is 0 Å². The molecule has 0 saturated carbocycles. The van der Waals surface area contributed by atoms with Gasteiger partial charge in [0.15, 0.2) is 23.0 Å². The first-order chi connectivity index (χ1) is 22.5. The summed E-state index contributed by atoms with van der Waals surface area (Å²) in [6.07, 6.45) is 3.07. The average Bonchev–Trinajstić information content (AvgIpc) is 3.08. The van der Waals surface area contributed by atoms with Crippen LogP contribution in [0.15, 0.2) is 24.3 Å². The lowest BCUT2D eigenvalue weighted by atomic mass is 9.80. The molecular weight excluding hydrogens is 600 g/mol. The molecule has 0 amide bonds. The maximum Gasteiger partial charge on any atom is 0.203 e. The second-order valence-electron chi connectivity index (χ2n) is 10.5. The van der Waals surface area contributed by atoms with Gasteiger partial charge in [0, 0.05) is 6.61 Å². The van der Waals surface area contributed by atoms with Crippen LogP contribution < -0.4 is 28.4 Å². The number of benzene rings is 2. The Bertz CT molecular complexity index is 1050. The topological polar surface area (TPSA) is 133 Å². The van der Waals surface area contributed by atoms with Crippen molar-refractivity contribution in [2.75, 3.05) is 109 Å². The van der Waals surface area contributed by atoms with Crippen LogP contribution in [0.3, 0.4) is 0 Å². The third-order valence-electron chi connectivity index (χ3n) is 7.52. The quantitative estimate of drug-likeness (QED) is 0.137. The summed E-state index contributed by atoms with van der Waals surface area (Å²) in [4.78, 5) is 0. The zero-order chi connectivity index (χ0) is 33.6. The van der Waals surface area contributed by atoms with Crippen molar-refractivity contribution in [3.8, 4) is 34.5 Å². The summed E-state index contributed by atoms with van der Waals surface area (Å²) in [5.74, 6) is 3.69. The zero-order valence-corrected chi connectivity index (χ0v) is 28.3. The van der Waals surface area contributed by atoms with Gasteiger partial charge in [0.05, 0.1) is 102 Å². The Morgan fingerprint density at radius 2 is 0.870 bits per heavy atom. The number of aliphatic hydroxyl groups is 2. The molecule has 0 radical (unpaired) electrons. The van der Waals surface area contributed by atoms with Gasteiger partial charge in [-0.15, -0.1) is 0 Å². The molecule has 2 aromatic rings. The summed E-state index contributed by atoms with van der Waals surface area (Å²) in [7, 11) is 9.61. The second-order valence-corrected chi connectivity index (χ2v) is 10.5. The summed E-state index contributed by atoms with van der Waals surface area (Å²) in [6.45, 7) is 3.27. The molecule has 0 unspecified atom stereocenters. The van der Waals surface area contributed by atoms with E-state index in [-0.39, 0.29) is 31.7 Å². The Balaban J connectivity index is 2.39. The van der Waals surface area contributed by atoms with Crippen LogP contribution in [0.1, 0.15) is 24.0 Å². The summed E-state index contributed by atoms with van der Waals surface area (Å²) >= 11 is 0. The molecule has 0 heterocycles. The highest BCUT2D eigenvalue weighted by Gasteiger charge is 2.26. The zero-order valence-electron chi connectivity index (χ0n) is 28.3. The SMILES string of the molecule is COc1cc(C[C@@H](CCCOCCOCCO)[C@H](COCCOCCO)Cc2cc(OC)c(OC)c(OC)c2)cc(OC)c1OC. The molecule has 2 aromatic carbocycles. The molecule has 2 rings (SSSR count). The molecule has 0 bridgehead atoms. The standard InChI is InChI=1S/C34H54O12/c1-37-29-20-25(21-30(38-2)33(29)41-5)18-27(8-7-11-43-14-15-44-12-9-35)28(24-46-17-16-45-13-10-36)19-26-22-31(39-3)34(42-6)32(23-26)40-4/h20-23,27-28,35-36H,7-19,24H2,1-6H3/t27-,28+/m1/s1. The van der Waals surface area contributed by atoms with Gasteiger partial charge in [-0.05, 0) is 72.9 Å². The monoisotopic (exact) mass is 654 g/mol. The molecule has 12 heteroatoms. The van der Waals surface area contributed by atoms with E-state index in [1.54, 1.807) is 42.7 Å². The van der Waals surface area contributed by atoms with Gasteiger partial charge < -0.3 is 57.6 Å². The van der Waals surface area contributed by atoms with Crippen LogP contribution in [0, 0.1) is 11.8 Å². The molecule has 2 N–H and O–H groups in total. The number of hydrogen-bond donors (Lipinski definition) is 2. The molecular formula is C34H54O12. The largest absolute Gasteiger partial charge is 0.493 e. The lowest BCUT2D eigenvalue weighted by molar-refractivity contribution is 0.0112. The van der Waals surface area contributed by atoms with Crippen molar-refractivity contribution in [3.63, 3.8) is 0 Å². The molecule has 0 aliphatic heterocycles. The minimum atomic E-state index is -0.0315. The van der Waals surface area contributed by atoms with E-state index in [0.717, 1.165) is 30.4 Å².